The summed E-state index contributed by atoms with van der Waals surface area (Å²) in [5.41, 5.74) is 0.778. The smallest absolute Gasteiger partial charge is 0.388 e. The van der Waals surface area contributed by atoms with E-state index in [2.05, 4.69) is 4.29 Å². The Labute approximate surface area is 129 Å². The van der Waals surface area contributed by atoms with E-state index in [1.807, 2.05) is 0 Å². The first-order chi connectivity index (χ1) is 10.2. The molecule has 1 aromatic rings. The van der Waals surface area contributed by atoms with Crippen molar-refractivity contribution in [2.45, 2.75) is 12.7 Å². The van der Waals surface area contributed by atoms with E-state index in [1.165, 1.54) is 40.4 Å². The van der Waals surface area contributed by atoms with Crippen LogP contribution < -0.4 is 23.5 Å². The number of hydrogen-bond donors (Lipinski definition) is 0. The number of fused-ring (bicyclic) bond motifs is 1. The van der Waals surface area contributed by atoms with E-state index in [1.54, 1.807) is 6.07 Å². The Balaban J connectivity index is 2.61. The first-order valence-electron chi connectivity index (χ1n) is 6.05. The van der Waals surface area contributed by atoms with Crippen molar-refractivity contribution in [1.29, 1.82) is 0 Å². The monoisotopic (exact) mass is 334 g/mol. The van der Waals surface area contributed by atoms with Gasteiger partial charge in [-0.3, -0.25) is 0 Å². The molecule has 0 aromatic heterocycles. The Hall–Kier alpha value is -1.71. The van der Waals surface area contributed by atoms with E-state index in [0.717, 1.165) is 0 Å². The molecule has 0 bridgehead atoms. The van der Waals surface area contributed by atoms with Crippen LogP contribution in [-0.4, -0.2) is 21.3 Å². The Morgan fingerprint density at radius 3 is 2.09 bits per heavy atom. The lowest BCUT2D eigenvalue weighted by Gasteiger charge is -2.31. The zero-order chi connectivity index (χ0) is 16.5. The van der Waals surface area contributed by atoms with Gasteiger partial charge in [0.15, 0.2) is 11.5 Å². The van der Waals surface area contributed by atoms with Gasteiger partial charge >= 0.3 is 5.79 Å². The minimum absolute atomic E-state index is 0.0129. The zero-order valence-electron chi connectivity index (χ0n) is 12.4. The highest BCUT2D eigenvalue weighted by molar-refractivity contribution is 5.63. The number of hydrogen-bond acceptors (Lipinski definition) is 8. The molecule has 0 radical (unpaired) electrons. The molecule has 2 rings (SSSR count). The molecule has 0 N–H and O–H groups in total. The highest BCUT2D eigenvalue weighted by atomic mass is 35.7. The van der Waals surface area contributed by atoms with Gasteiger partial charge in [0.25, 0.3) is 5.95 Å². The second-order valence-electron chi connectivity index (χ2n) is 4.46. The van der Waals surface area contributed by atoms with Crippen molar-refractivity contribution < 1.29 is 47.5 Å². The Bertz CT molecular complexity index is 594. The molecule has 1 aliphatic heterocycles. The summed E-state index contributed by atoms with van der Waals surface area (Å²) in [5.74, 6) is -1.16. The van der Waals surface area contributed by atoms with Crippen LogP contribution in [0.1, 0.15) is 18.1 Å². The lowest BCUT2D eigenvalue weighted by molar-refractivity contribution is -1.92. The average molecular weight is 335 g/mol. The van der Waals surface area contributed by atoms with Crippen LogP contribution >= 0.6 is 0 Å². The van der Waals surface area contributed by atoms with Gasteiger partial charge in [0.1, 0.15) is 4.29 Å². The highest BCUT2D eigenvalue weighted by Gasteiger charge is 2.50. The molecule has 0 spiro atoms. The topological polar surface area (TPSA) is 115 Å². The van der Waals surface area contributed by atoms with Crippen molar-refractivity contribution >= 4 is 6.08 Å². The summed E-state index contributed by atoms with van der Waals surface area (Å²) in [6, 6.07) is 3.06. The van der Waals surface area contributed by atoms with Crippen molar-refractivity contribution in [2.24, 2.45) is 0 Å². The number of benzene rings is 1. The van der Waals surface area contributed by atoms with Crippen LogP contribution in [0.15, 0.2) is 18.1 Å². The molecule has 1 aromatic carbocycles. The predicted octanol–water partition coefficient (Wildman–Crippen LogP) is -1.23. The summed E-state index contributed by atoms with van der Waals surface area (Å²) < 4.78 is 58.2. The average Bonchev–Trinajstić information content (AvgIpc) is 2.43. The van der Waals surface area contributed by atoms with Crippen LogP contribution in [0.25, 0.3) is 6.08 Å². The Morgan fingerprint density at radius 1 is 1.00 bits per heavy atom. The lowest BCUT2D eigenvalue weighted by Crippen LogP contribution is -2.64. The molecular weight excluding hydrogens is 320 g/mol. The van der Waals surface area contributed by atoms with Gasteiger partial charge < -0.3 is 18.9 Å². The molecule has 22 heavy (non-hydrogen) atoms. The molecule has 1 heterocycles. The third-order valence-corrected chi connectivity index (χ3v) is 3.54. The quantitative estimate of drug-likeness (QED) is 0.657. The second kappa shape index (κ2) is 5.82. The maximum atomic E-state index is 11.0. The minimum Gasteiger partial charge on any atom is -0.493 e. The van der Waals surface area contributed by atoms with Crippen molar-refractivity contribution in [1.82, 2.24) is 0 Å². The molecule has 0 fully saturated rings. The van der Waals surface area contributed by atoms with Crippen LogP contribution in [0, 0.1) is 10.2 Å². The number of rotatable bonds is 5. The van der Waals surface area contributed by atoms with Crippen LogP contribution in [0.2, 0.25) is 0 Å². The first-order valence-corrected chi connectivity index (χ1v) is 7.28. The molecule has 0 saturated carbocycles. The Kier molecular flexibility index (Phi) is 4.41. The molecule has 1 atom stereocenters. The van der Waals surface area contributed by atoms with Gasteiger partial charge in [-0.15, -0.1) is 0 Å². The van der Waals surface area contributed by atoms with Crippen LogP contribution in [0.4, 0.5) is 0 Å². The normalized spacial score (nSPS) is 20.6. The maximum Gasteiger partial charge on any atom is 0.388 e. The van der Waals surface area contributed by atoms with E-state index < -0.39 is 16.0 Å². The van der Waals surface area contributed by atoms with Crippen molar-refractivity contribution in [3.63, 3.8) is 0 Å². The highest BCUT2D eigenvalue weighted by Crippen LogP contribution is 2.43. The summed E-state index contributed by atoms with van der Waals surface area (Å²) >= 11 is 0. The summed E-state index contributed by atoms with van der Waals surface area (Å²) in [4.78, 5) is 0. The summed E-state index contributed by atoms with van der Waals surface area (Å²) in [6.45, 7) is 1.28. The molecule has 0 aliphatic carbocycles. The van der Waals surface area contributed by atoms with Gasteiger partial charge in [0.2, 0.25) is 0 Å². The first kappa shape index (κ1) is 16.7. The van der Waals surface area contributed by atoms with Gasteiger partial charge in [-0.25, -0.2) is 0 Å². The molecule has 1 unspecified atom stereocenters. The fourth-order valence-electron chi connectivity index (χ4n) is 2.15. The van der Waals surface area contributed by atoms with Gasteiger partial charge in [-0.2, -0.15) is 14.0 Å². The zero-order valence-corrected chi connectivity index (χ0v) is 13.1. The molecule has 0 amide bonds. The Morgan fingerprint density at radius 2 is 1.59 bits per heavy atom. The van der Waals surface area contributed by atoms with Crippen LogP contribution in [0.3, 0.4) is 0 Å². The third kappa shape index (κ3) is 3.21. The second-order valence-corrected chi connectivity index (χ2v) is 5.38. The molecular formula is C13H15ClO8. The predicted molar refractivity (Wildman–Crippen MR) is 64.1 cm³/mol. The fourth-order valence-corrected chi connectivity index (χ4v) is 2.62. The third-order valence-electron chi connectivity index (χ3n) is 3.06. The van der Waals surface area contributed by atoms with Crippen LogP contribution in [-0.2, 0) is 19.6 Å². The number of methoxy groups -OCH3 is 3. The minimum atomic E-state index is -4.73. The molecule has 1 aliphatic rings. The van der Waals surface area contributed by atoms with E-state index in [9.17, 15) is 14.0 Å². The lowest BCUT2D eigenvalue weighted by atomic mass is 9.97. The standard InChI is InChI=1S/C13H15ClO8/c1-13(22-14(15,16)17)9-7-11(19-3)10(18-2)5-8(9)6-12(20-4)21-13/h5-7H,1-4H3. The van der Waals surface area contributed by atoms with Gasteiger partial charge in [0, 0.05) is 13.0 Å². The van der Waals surface area contributed by atoms with Crippen LogP contribution in [0.5, 0.6) is 11.5 Å². The van der Waals surface area contributed by atoms with Gasteiger partial charge in [-0.1, -0.05) is 0 Å². The van der Waals surface area contributed by atoms with Gasteiger partial charge in [0.05, 0.1) is 37.1 Å². The van der Waals surface area contributed by atoms with Crippen molar-refractivity contribution in [2.75, 3.05) is 21.3 Å². The van der Waals surface area contributed by atoms with Crippen molar-refractivity contribution in [3.05, 3.63) is 29.2 Å². The SMILES string of the molecule is COC1=Cc2cc(OC)c(OC)cc2C(C)(O[Cl+3]([O-])([O-])[O-])O1. The van der Waals surface area contributed by atoms with Crippen molar-refractivity contribution in [3.8, 4) is 11.5 Å². The molecule has 0 saturated heterocycles. The fraction of sp³-hybridized carbons (Fsp3) is 0.385. The number of halogens is 1. The number of ether oxygens (including phenoxy) is 4. The molecule has 9 heteroatoms. The van der Waals surface area contributed by atoms with E-state index in [4.69, 9.17) is 18.9 Å². The summed E-state index contributed by atoms with van der Waals surface area (Å²) in [5, 5.41) is 0. The summed E-state index contributed by atoms with van der Waals surface area (Å²) in [7, 11) is -0.513. The largest absolute Gasteiger partial charge is 0.493 e. The van der Waals surface area contributed by atoms with E-state index in [0.29, 0.717) is 17.1 Å². The molecule has 122 valence electrons. The summed E-state index contributed by atoms with van der Waals surface area (Å²) in [6.07, 6.45) is 1.51. The molecule has 8 nitrogen and oxygen atoms in total. The maximum absolute atomic E-state index is 11.0. The van der Waals surface area contributed by atoms with E-state index >= 15 is 0 Å². The van der Waals surface area contributed by atoms with Gasteiger partial charge in [-0.05, 0) is 17.7 Å². The van der Waals surface area contributed by atoms with E-state index in [-0.39, 0.29) is 11.5 Å².